The SMILES string of the molecule is CC1SCCCNc2ccc(Br)cc21.Cl. The van der Waals surface area contributed by atoms with Crippen molar-refractivity contribution in [3.8, 4) is 0 Å². The number of thioether (sulfide) groups is 1. The maximum Gasteiger partial charge on any atom is 0.0384 e. The van der Waals surface area contributed by atoms with Gasteiger partial charge in [0.15, 0.2) is 0 Å². The van der Waals surface area contributed by atoms with Crippen LogP contribution in [0.2, 0.25) is 0 Å². The summed E-state index contributed by atoms with van der Waals surface area (Å²) in [6.07, 6.45) is 1.25. The maximum absolute atomic E-state index is 3.53. The monoisotopic (exact) mass is 307 g/mol. The van der Waals surface area contributed by atoms with Crippen LogP contribution in [0.1, 0.15) is 24.2 Å². The molecule has 84 valence electrons. The van der Waals surface area contributed by atoms with Crippen molar-refractivity contribution in [3.05, 3.63) is 28.2 Å². The molecule has 2 rings (SSSR count). The van der Waals surface area contributed by atoms with E-state index in [1.165, 1.54) is 27.9 Å². The molecule has 1 heterocycles. The first-order chi connectivity index (χ1) is 6.77. The predicted molar refractivity (Wildman–Crippen MR) is 75.4 cm³/mol. The van der Waals surface area contributed by atoms with Gasteiger partial charge in [-0.2, -0.15) is 11.8 Å². The molecule has 1 atom stereocenters. The quantitative estimate of drug-likeness (QED) is 0.758. The van der Waals surface area contributed by atoms with Crippen LogP contribution in [0.5, 0.6) is 0 Å². The van der Waals surface area contributed by atoms with Crippen molar-refractivity contribution in [2.75, 3.05) is 17.6 Å². The maximum atomic E-state index is 3.53. The largest absolute Gasteiger partial charge is 0.385 e. The van der Waals surface area contributed by atoms with Crippen molar-refractivity contribution in [2.24, 2.45) is 0 Å². The molecule has 0 radical (unpaired) electrons. The van der Waals surface area contributed by atoms with Gasteiger partial charge in [-0.15, -0.1) is 12.4 Å². The van der Waals surface area contributed by atoms with Crippen molar-refractivity contribution >= 4 is 45.8 Å². The fraction of sp³-hybridized carbons (Fsp3) is 0.455. The summed E-state index contributed by atoms with van der Waals surface area (Å²) in [7, 11) is 0. The molecule has 1 unspecified atom stereocenters. The Kier molecular flexibility index (Phi) is 5.30. The van der Waals surface area contributed by atoms with Crippen molar-refractivity contribution in [1.29, 1.82) is 0 Å². The fourth-order valence-corrected chi connectivity index (χ4v) is 3.09. The molecule has 0 aliphatic carbocycles. The molecule has 1 aromatic rings. The minimum Gasteiger partial charge on any atom is -0.385 e. The van der Waals surface area contributed by atoms with Gasteiger partial charge in [0.2, 0.25) is 0 Å². The Bertz CT molecular complexity index is 332. The molecule has 0 fully saturated rings. The summed E-state index contributed by atoms with van der Waals surface area (Å²) >= 11 is 5.57. The van der Waals surface area contributed by atoms with E-state index >= 15 is 0 Å². The minimum atomic E-state index is 0. The molecule has 0 bridgehead atoms. The van der Waals surface area contributed by atoms with E-state index in [1.54, 1.807) is 0 Å². The Morgan fingerprint density at radius 1 is 1.47 bits per heavy atom. The zero-order valence-corrected chi connectivity index (χ0v) is 11.8. The van der Waals surface area contributed by atoms with E-state index in [-0.39, 0.29) is 12.4 Å². The van der Waals surface area contributed by atoms with Crippen LogP contribution < -0.4 is 5.32 Å². The Morgan fingerprint density at radius 2 is 2.27 bits per heavy atom. The van der Waals surface area contributed by atoms with Crippen LogP contribution in [0.15, 0.2) is 22.7 Å². The lowest BCUT2D eigenvalue weighted by Crippen LogP contribution is -2.09. The molecular formula is C11H15BrClNS. The summed E-state index contributed by atoms with van der Waals surface area (Å²) < 4.78 is 1.17. The number of hydrogen-bond donors (Lipinski definition) is 1. The average Bonchev–Trinajstić information content (AvgIpc) is 2.16. The summed E-state index contributed by atoms with van der Waals surface area (Å²) in [6, 6.07) is 6.50. The first kappa shape index (κ1) is 13.2. The summed E-state index contributed by atoms with van der Waals surface area (Å²) in [4.78, 5) is 0. The third-order valence-corrected chi connectivity index (χ3v) is 4.23. The zero-order chi connectivity index (χ0) is 9.97. The minimum absolute atomic E-state index is 0. The molecule has 0 saturated heterocycles. The first-order valence-corrected chi connectivity index (χ1v) is 6.76. The Hall–Kier alpha value is 0.140. The number of anilines is 1. The molecule has 1 aliphatic rings. The third kappa shape index (κ3) is 3.30. The lowest BCUT2D eigenvalue weighted by Gasteiger charge is -2.21. The number of benzene rings is 1. The highest BCUT2D eigenvalue weighted by atomic mass is 79.9. The second-order valence-corrected chi connectivity index (χ2v) is 5.89. The van der Waals surface area contributed by atoms with Crippen LogP contribution in [-0.2, 0) is 0 Å². The van der Waals surface area contributed by atoms with Gasteiger partial charge in [-0.25, -0.2) is 0 Å². The molecule has 0 aromatic heterocycles. The van der Waals surface area contributed by atoms with Gasteiger partial charge in [0.05, 0.1) is 0 Å². The molecule has 1 aromatic carbocycles. The molecule has 1 N–H and O–H groups in total. The van der Waals surface area contributed by atoms with Gasteiger partial charge in [0.25, 0.3) is 0 Å². The first-order valence-electron chi connectivity index (χ1n) is 4.92. The van der Waals surface area contributed by atoms with E-state index in [0.29, 0.717) is 5.25 Å². The molecule has 4 heteroatoms. The average molecular weight is 309 g/mol. The number of fused-ring (bicyclic) bond motifs is 1. The van der Waals surface area contributed by atoms with Crippen molar-refractivity contribution in [1.82, 2.24) is 0 Å². The number of rotatable bonds is 0. The highest BCUT2D eigenvalue weighted by Crippen LogP contribution is 2.36. The summed E-state index contributed by atoms with van der Waals surface area (Å²) in [5.74, 6) is 1.25. The molecule has 0 spiro atoms. The molecule has 15 heavy (non-hydrogen) atoms. The van der Waals surface area contributed by atoms with Crippen molar-refractivity contribution in [3.63, 3.8) is 0 Å². The van der Waals surface area contributed by atoms with E-state index in [9.17, 15) is 0 Å². The highest BCUT2D eigenvalue weighted by molar-refractivity contribution is 9.10. The van der Waals surface area contributed by atoms with Gasteiger partial charge >= 0.3 is 0 Å². The van der Waals surface area contributed by atoms with Crippen LogP contribution in [0.25, 0.3) is 0 Å². The van der Waals surface area contributed by atoms with Gasteiger partial charge in [-0.05, 0) is 42.9 Å². The van der Waals surface area contributed by atoms with E-state index < -0.39 is 0 Å². The van der Waals surface area contributed by atoms with Crippen molar-refractivity contribution in [2.45, 2.75) is 18.6 Å². The predicted octanol–water partition coefficient (Wildman–Crippen LogP) is 4.48. The van der Waals surface area contributed by atoms with Gasteiger partial charge in [0, 0.05) is 22.0 Å². The lowest BCUT2D eigenvalue weighted by molar-refractivity contribution is 0.956. The van der Waals surface area contributed by atoms with Crippen LogP contribution in [0, 0.1) is 0 Å². The number of halogens is 2. The topological polar surface area (TPSA) is 12.0 Å². The number of nitrogens with one attached hydrogen (secondary N) is 1. The van der Waals surface area contributed by atoms with Crippen LogP contribution in [-0.4, -0.2) is 12.3 Å². The molecule has 1 nitrogen and oxygen atoms in total. The Morgan fingerprint density at radius 3 is 3.07 bits per heavy atom. The summed E-state index contributed by atoms with van der Waals surface area (Å²) in [5, 5.41) is 4.08. The zero-order valence-electron chi connectivity index (χ0n) is 8.63. The van der Waals surface area contributed by atoms with Crippen LogP contribution in [0.4, 0.5) is 5.69 Å². The highest BCUT2D eigenvalue weighted by Gasteiger charge is 2.13. The van der Waals surface area contributed by atoms with E-state index in [1.807, 2.05) is 11.8 Å². The van der Waals surface area contributed by atoms with E-state index in [0.717, 1.165) is 6.54 Å². The Balaban J connectivity index is 0.00000112. The molecular weight excluding hydrogens is 294 g/mol. The van der Waals surface area contributed by atoms with Crippen LogP contribution in [0.3, 0.4) is 0 Å². The van der Waals surface area contributed by atoms with E-state index in [4.69, 9.17) is 0 Å². The van der Waals surface area contributed by atoms with Gasteiger partial charge in [0.1, 0.15) is 0 Å². The summed E-state index contributed by atoms with van der Waals surface area (Å²) in [5.41, 5.74) is 2.72. The second-order valence-electron chi connectivity index (χ2n) is 3.52. The molecule has 1 aliphatic heterocycles. The molecule has 0 saturated carbocycles. The smallest absolute Gasteiger partial charge is 0.0384 e. The van der Waals surface area contributed by atoms with E-state index in [2.05, 4.69) is 46.4 Å². The fourth-order valence-electron chi connectivity index (χ4n) is 1.68. The molecule has 0 amide bonds. The van der Waals surface area contributed by atoms with Gasteiger partial charge in [-0.1, -0.05) is 15.9 Å². The van der Waals surface area contributed by atoms with Crippen LogP contribution >= 0.6 is 40.1 Å². The standard InChI is InChI=1S/C11H14BrNS.ClH/c1-8-10-7-9(12)3-4-11(10)13-5-2-6-14-8;/h3-4,7-8,13H,2,5-6H2,1H3;1H. The summed E-state index contributed by atoms with van der Waals surface area (Å²) in [6.45, 7) is 3.37. The lowest BCUT2D eigenvalue weighted by atomic mass is 10.1. The third-order valence-electron chi connectivity index (χ3n) is 2.46. The van der Waals surface area contributed by atoms with Gasteiger partial charge < -0.3 is 5.32 Å². The Labute approximate surface area is 110 Å². The van der Waals surface area contributed by atoms with Crippen molar-refractivity contribution < 1.29 is 0 Å². The van der Waals surface area contributed by atoms with Gasteiger partial charge in [-0.3, -0.25) is 0 Å². The normalized spacial score (nSPS) is 20.3. The second kappa shape index (κ2) is 6.02. The number of hydrogen-bond acceptors (Lipinski definition) is 2.